The first-order valence-corrected chi connectivity index (χ1v) is 9.37. The fourth-order valence-corrected chi connectivity index (χ4v) is 4.94. The fourth-order valence-electron chi connectivity index (χ4n) is 3.73. The zero-order valence-corrected chi connectivity index (χ0v) is 13.8. The molecule has 5 nitrogen and oxygen atoms in total. The molecule has 5 rings (SSSR count). The van der Waals surface area contributed by atoms with Crippen molar-refractivity contribution in [3.8, 4) is 0 Å². The Hall–Kier alpha value is -1.69. The van der Waals surface area contributed by atoms with Crippen LogP contribution in [0.5, 0.6) is 0 Å². The second kappa shape index (κ2) is 5.16. The Morgan fingerprint density at radius 2 is 2.17 bits per heavy atom. The van der Waals surface area contributed by atoms with Crippen LogP contribution in [-0.4, -0.2) is 27.5 Å². The number of hydrogen-bond donors (Lipinski definition) is 0. The molecule has 0 bridgehead atoms. The van der Waals surface area contributed by atoms with E-state index in [4.69, 9.17) is 4.52 Å². The van der Waals surface area contributed by atoms with Crippen molar-refractivity contribution in [2.45, 2.75) is 56.9 Å². The highest BCUT2D eigenvalue weighted by atomic mass is 32.1. The van der Waals surface area contributed by atoms with Gasteiger partial charge in [0.05, 0.1) is 10.9 Å². The van der Waals surface area contributed by atoms with Crippen molar-refractivity contribution < 1.29 is 9.32 Å². The Labute approximate surface area is 138 Å². The Bertz CT molecular complexity index is 740. The first-order valence-electron chi connectivity index (χ1n) is 8.55. The van der Waals surface area contributed by atoms with Crippen LogP contribution in [0, 0.1) is 0 Å². The molecule has 0 N–H and O–H groups in total. The van der Waals surface area contributed by atoms with Crippen LogP contribution in [0.2, 0.25) is 0 Å². The van der Waals surface area contributed by atoms with Gasteiger partial charge in [-0.1, -0.05) is 5.16 Å². The van der Waals surface area contributed by atoms with E-state index in [1.807, 2.05) is 4.90 Å². The molecule has 1 aliphatic heterocycles. The van der Waals surface area contributed by atoms with Gasteiger partial charge in [-0.3, -0.25) is 4.79 Å². The Kier molecular flexibility index (Phi) is 3.08. The van der Waals surface area contributed by atoms with Gasteiger partial charge in [0.25, 0.3) is 5.91 Å². The molecule has 1 saturated heterocycles. The summed E-state index contributed by atoms with van der Waals surface area (Å²) in [5, 5.41) is 4.16. The Morgan fingerprint density at radius 3 is 3.00 bits per heavy atom. The summed E-state index contributed by atoms with van der Waals surface area (Å²) >= 11 is 1.68. The number of carbonyl (C=O) groups excluding carboxylic acids is 1. The lowest BCUT2D eigenvalue weighted by atomic mass is 10.2. The van der Waals surface area contributed by atoms with Crippen molar-refractivity contribution in [2.75, 3.05) is 6.54 Å². The Morgan fingerprint density at radius 1 is 1.26 bits per heavy atom. The first-order chi connectivity index (χ1) is 11.3. The van der Waals surface area contributed by atoms with Gasteiger partial charge < -0.3 is 9.42 Å². The molecule has 2 aromatic heterocycles. The number of thiophene rings is 1. The summed E-state index contributed by atoms with van der Waals surface area (Å²) in [7, 11) is 0. The molecule has 23 heavy (non-hydrogen) atoms. The van der Waals surface area contributed by atoms with Crippen molar-refractivity contribution in [2.24, 2.45) is 0 Å². The highest BCUT2D eigenvalue weighted by Gasteiger charge is 2.37. The van der Waals surface area contributed by atoms with E-state index in [0.717, 1.165) is 55.8 Å². The normalized spacial score (nSPS) is 23.5. The van der Waals surface area contributed by atoms with E-state index in [9.17, 15) is 4.79 Å². The van der Waals surface area contributed by atoms with Crippen LogP contribution < -0.4 is 0 Å². The number of hydrogen-bond acceptors (Lipinski definition) is 5. The van der Waals surface area contributed by atoms with E-state index in [-0.39, 0.29) is 11.9 Å². The standard InChI is InChI=1S/C17H19N3O2S/c21-17(14-9-11-3-1-5-13(11)23-14)20-8-2-4-12(20)15-18-16(22-19-15)10-6-7-10/h9-10,12H,1-8H2/t12-/m1/s1. The molecular formula is C17H19N3O2S. The second-order valence-electron chi connectivity index (χ2n) is 6.83. The van der Waals surface area contributed by atoms with Crippen LogP contribution in [-0.2, 0) is 12.8 Å². The lowest BCUT2D eigenvalue weighted by molar-refractivity contribution is 0.0733. The van der Waals surface area contributed by atoms with Gasteiger partial charge in [-0.05, 0) is 56.6 Å². The van der Waals surface area contributed by atoms with Gasteiger partial charge in [-0.2, -0.15) is 4.98 Å². The van der Waals surface area contributed by atoms with Gasteiger partial charge in [-0.25, -0.2) is 0 Å². The molecular weight excluding hydrogens is 310 g/mol. The predicted octanol–water partition coefficient (Wildman–Crippen LogP) is 3.47. The lowest BCUT2D eigenvalue weighted by Gasteiger charge is -2.21. The van der Waals surface area contributed by atoms with Gasteiger partial charge in [0.1, 0.15) is 0 Å². The van der Waals surface area contributed by atoms with Gasteiger partial charge in [0.2, 0.25) is 5.89 Å². The molecule has 2 aliphatic carbocycles. The minimum Gasteiger partial charge on any atom is -0.339 e. The van der Waals surface area contributed by atoms with Crippen LogP contribution in [0.4, 0.5) is 0 Å². The maximum absolute atomic E-state index is 12.9. The second-order valence-corrected chi connectivity index (χ2v) is 7.97. The predicted molar refractivity (Wildman–Crippen MR) is 85.6 cm³/mol. The number of likely N-dealkylation sites (tertiary alicyclic amines) is 1. The number of amides is 1. The zero-order chi connectivity index (χ0) is 15.4. The van der Waals surface area contributed by atoms with E-state index in [1.54, 1.807) is 11.3 Å². The molecule has 3 aliphatic rings. The number of carbonyl (C=O) groups is 1. The van der Waals surface area contributed by atoms with Gasteiger partial charge in [0, 0.05) is 17.3 Å². The third kappa shape index (κ3) is 2.31. The zero-order valence-electron chi connectivity index (χ0n) is 13.0. The highest BCUT2D eigenvalue weighted by Crippen LogP contribution is 2.41. The number of aromatic nitrogens is 2. The largest absolute Gasteiger partial charge is 0.339 e. The van der Waals surface area contributed by atoms with Crippen molar-refractivity contribution in [1.29, 1.82) is 0 Å². The van der Waals surface area contributed by atoms with E-state index in [1.165, 1.54) is 16.9 Å². The summed E-state index contributed by atoms with van der Waals surface area (Å²) in [4.78, 5) is 21.7. The van der Waals surface area contributed by atoms with Crippen molar-refractivity contribution in [3.05, 3.63) is 33.1 Å². The maximum Gasteiger partial charge on any atom is 0.264 e. The van der Waals surface area contributed by atoms with E-state index in [2.05, 4.69) is 16.2 Å². The number of nitrogens with zero attached hydrogens (tertiary/aromatic N) is 3. The monoisotopic (exact) mass is 329 g/mol. The van der Waals surface area contributed by atoms with E-state index in [0.29, 0.717) is 11.7 Å². The smallest absolute Gasteiger partial charge is 0.264 e. The van der Waals surface area contributed by atoms with Gasteiger partial charge in [0.15, 0.2) is 5.82 Å². The first kappa shape index (κ1) is 13.7. The molecule has 1 amide bonds. The minimum absolute atomic E-state index is 0.0179. The quantitative estimate of drug-likeness (QED) is 0.865. The fraction of sp³-hybridized carbons (Fsp3) is 0.588. The molecule has 0 spiro atoms. The third-order valence-electron chi connectivity index (χ3n) is 5.15. The van der Waals surface area contributed by atoms with Crippen molar-refractivity contribution in [3.63, 3.8) is 0 Å². The summed E-state index contributed by atoms with van der Waals surface area (Å²) in [6.45, 7) is 0.791. The molecule has 6 heteroatoms. The topological polar surface area (TPSA) is 59.2 Å². The molecule has 120 valence electrons. The van der Waals surface area contributed by atoms with Gasteiger partial charge in [-0.15, -0.1) is 11.3 Å². The molecule has 0 aromatic carbocycles. The summed E-state index contributed by atoms with van der Waals surface area (Å²) < 4.78 is 5.39. The minimum atomic E-state index is -0.0179. The van der Waals surface area contributed by atoms with Crippen LogP contribution in [0.25, 0.3) is 0 Å². The van der Waals surface area contributed by atoms with E-state index >= 15 is 0 Å². The van der Waals surface area contributed by atoms with Crippen LogP contribution >= 0.6 is 11.3 Å². The van der Waals surface area contributed by atoms with Crippen molar-refractivity contribution in [1.82, 2.24) is 15.0 Å². The average molecular weight is 329 g/mol. The number of rotatable bonds is 3. The lowest BCUT2D eigenvalue weighted by Crippen LogP contribution is -2.30. The third-order valence-corrected chi connectivity index (χ3v) is 6.38. The molecule has 0 unspecified atom stereocenters. The molecule has 3 heterocycles. The molecule has 0 radical (unpaired) electrons. The highest BCUT2D eigenvalue weighted by molar-refractivity contribution is 7.14. The van der Waals surface area contributed by atoms with Crippen molar-refractivity contribution >= 4 is 17.2 Å². The van der Waals surface area contributed by atoms with Crippen LogP contribution in [0.3, 0.4) is 0 Å². The summed E-state index contributed by atoms with van der Waals surface area (Å²) in [6, 6.07) is 2.09. The SMILES string of the molecule is O=C(c1cc2c(s1)CCC2)N1CCC[C@@H]1c1noc(C2CC2)n1. The van der Waals surface area contributed by atoms with E-state index < -0.39 is 0 Å². The molecule has 1 atom stereocenters. The van der Waals surface area contributed by atoms with Crippen LogP contribution in [0.15, 0.2) is 10.6 Å². The Balaban J connectivity index is 1.40. The average Bonchev–Trinajstić information content (AvgIpc) is 3.00. The maximum atomic E-state index is 12.9. The summed E-state index contributed by atoms with van der Waals surface area (Å²) in [5.41, 5.74) is 1.38. The molecule has 1 saturated carbocycles. The number of fused-ring (bicyclic) bond motifs is 1. The summed E-state index contributed by atoms with van der Waals surface area (Å²) in [6.07, 6.45) is 7.72. The summed E-state index contributed by atoms with van der Waals surface area (Å²) in [5.74, 6) is 2.06. The molecule has 2 fully saturated rings. The van der Waals surface area contributed by atoms with Gasteiger partial charge >= 0.3 is 0 Å². The van der Waals surface area contributed by atoms with Crippen LogP contribution in [0.1, 0.15) is 75.9 Å². The molecule has 2 aromatic rings. The number of aryl methyl sites for hydroxylation is 2.